The van der Waals surface area contributed by atoms with E-state index >= 15 is 0 Å². The molecule has 0 aliphatic rings. The molecule has 0 saturated heterocycles. The Morgan fingerprint density at radius 3 is 1.12 bits per heavy atom. The van der Waals surface area contributed by atoms with Crippen LogP contribution in [0, 0.1) is 0 Å². The lowest BCUT2D eigenvalue weighted by molar-refractivity contribution is 0.00541. The monoisotopic (exact) mass is 458 g/mol. The number of aliphatic hydroxyl groups is 3. The standard InChI is InChI=1S/C27H58N2O3/c1-3-5-6-7-8-9-10-11-12-13-14-15-16-17-18-19-27(28(20-4-2)21-24-30)29(22-25-31)23-26-32/h27,30-32H,3-26H2,1-2H3. The lowest BCUT2D eigenvalue weighted by Gasteiger charge is -2.39. The lowest BCUT2D eigenvalue weighted by Crippen LogP contribution is -2.51. The summed E-state index contributed by atoms with van der Waals surface area (Å²) < 4.78 is 0. The van der Waals surface area contributed by atoms with Gasteiger partial charge in [-0.25, -0.2) is 0 Å². The summed E-state index contributed by atoms with van der Waals surface area (Å²) in [5.41, 5.74) is 0. The number of rotatable bonds is 26. The molecule has 32 heavy (non-hydrogen) atoms. The second kappa shape index (κ2) is 25.4. The third kappa shape index (κ3) is 18.3. The quantitative estimate of drug-likeness (QED) is 0.117. The van der Waals surface area contributed by atoms with Crippen molar-refractivity contribution in [1.82, 2.24) is 9.80 Å². The SMILES string of the molecule is CCCCCCCCCCCCCCCCCC(N(CCC)CCO)N(CCO)CCO. The maximum absolute atomic E-state index is 9.50. The van der Waals surface area contributed by atoms with Crippen LogP contribution < -0.4 is 0 Å². The van der Waals surface area contributed by atoms with Crippen LogP contribution in [0.5, 0.6) is 0 Å². The van der Waals surface area contributed by atoms with E-state index in [4.69, 9.17) is 0 Å². The highest BCUT2D eigenvalue weighted by molar-refractivity contribution is 4.74. The summed E-state index contributed by atoms with van der Waals surface area (Å²) in [6.07, 6.45) is 22.8. The summed E-state index contributed by atoms with van der Waals surface area (Å²) in [5.74, 6) is 0. The van der Waals surface area contributed by atoms with Gasteiger partial charge in [-0.15, -0.1) is 0 Å². The predicted octanol–water partition coefficient (Wildman–Crippen LogP) is 5.56. The van der Waals surface area contributed by atoms with Crippen molar-refractivity contribution in [2.45, 2.75) is 129 Å². The smallest absolute Gasteiger partial charge is 0.0624 e. The molecule has 194 valence electrons. The zero-order valence-corrected chi connectivity index (χ0v) is 21.8. The molecule has 0 fully saturated rings. The summed E-state index contributed by atoms with van der Waals surface area (Å²) in [7, 11) is 0. The van der Waals surface area contributed by atoms with Crippen LogP contribution in [-0.2, 0) is 0 Å². The molecular weight excluding hydrogens is 400 g/mol. The zero-order valence-electron chi connectivity index (χ0n) is 21.8. The van der Waals surface area contributed by atoms with Gasteiger partial charge < -0.3 is 15.3 Å². The molecule has 3 N–H and O–H groups in total. The molecule has 0 saturated carbocycles. The molecule has 0 rings (SSSR count). The van der Waals surface area contributed by atoms with Crippen LogP contribution >= 0.6 is 0 Å². The fourth-order valence-corrected chi connectivity index (χ4v) is 4.79. The Morgan fingerprint density at radius 1 is 0.438 bits per heavy atom. The first-order valence-corrected chi connectivity index (χ1v) is 14.1. The van der Waals surface area contributed by atoms with Crippen molar-refractivity contribution in [2.24, 2.45) is 0 Å². The van der Waals surface area contributed by atoms with Crippen LogP contribution in [0.25, 0.3) is 0 Å². The molecule has 1 atom stereocenters. The lowest BCUT2D eigenvalue weighted by atomic mass is 10.0. The average molecular weight is 459 g/mol. The maximum Gasteiger partial charge on any atom is 0.0624 e. The van der Waals surface area contributed by atoms with Gasteiger partial charge >= 0.3 is 0 Å². The van der Waals surface area contributed by atoms with Gasteiger partial charge in [0.05, 0.1) is 26.0 Å². The molecule has 0 aromatic carbocycles. The first kappa shape index (κ1) is 31.8. The van der Waals surface area contributed by atoms with Crippen LogP contribution in [0.3, 0.4) is 0 Å². The highest BCUT2D eigenvalue weighted by Gasteiger charge is 2.23. The highest BCUT2D eigenvalue weighted by atomic mass is 16.3. The summed E-state index contributed by atoms with van der Waals surface area (Å²) in [5, 5.41) is 28.4. The van der Waals surface area contributed by atoms with Gasteiger partial charge in [0.1, 0.15) is 0 Å². The van der Waals surface area contributed by atoms with Crippen LogP contribution in [-0.4, -0.2) is 77.3 Å². The predicted molar refractivity (Wildman–Crippen MR) is 138 cm³/mol. The van der Waals surface area contributed by atoms with Crippen molar-refractivity contribution in [3.8, 4) is 0 Å². The van der Waals surface area contributed by atoms with Crippen molar-refractivity contribution in [3.05, 3.63) is 0 Å². The van der Waals surface area contributed by atoms with E-state index in [2.05, 4.69) is 23.6 Å². The van der Waals surface area contributed by atoms with E-state index in [1.807, 2.05) is 0 Å². The molecule has 5 heteroatoms. The summed E-state index contributed by atoms with van der Waals surface area (Å²) in [6, 6.07) is 0. The minimum atomic E-state index is 0.106. The molecule has 0 bridgehead atoms. The minimum Gasteiger partial charge on any atom is -0.395 e. The van der Waals surface area contributed by atoms with Crippen LogP contribution in [0.15, 0.2) is 0 Å². The molecule has 0 amide bonds. The second-order valence-corrected chi connectivity index (χ2v) is 9.46. The number of nitrogens with zero attached hydrogens (tertiary/aromatic N) is 2. The van der Waals surface area contributed by atoms with Crippen molar-refractivity contribution < 1.29 is 15.3 Å². The van der Waals surface area contributed by atoms with E-state index < -0.39 is 0 Å². The molecule has 0 aliphatic heterocycles. The van der Waals surface area contributed by atoms with E-state index in [1.165, 1.54) is 96.3 Å². The summed E-state index contributed by atoms with van der Waals surface area (Å²) in [4.78, 5) is 4.52. The second-order valence-electron chi connectivity index (χ2n) is 9.46. The number of aliphatic hydroxyl groups excluding tert-OH is 3. The fourth-order valence-electron chi connectivity index (χ4n) is 4.79. The Hall–Kier alpha value is -0.200. The molecule has 0 radical (unpaired) electrons. The fraction of sp³-hybridized carbons (Fsp3) is 1.00. The highest BCUT2D eigenvalue weighted by Crippen LogP contribution is 2.17. The number of hydrogen-bond acceptors (Lipinski definition) is 5. The van der Waals surface area contributed by atoms with E-state index in [9.17, 15) is 15.3 Å². The minimum absolute atomic E-state index is 0.106. The van der Waals surface area contributed by atoms with E-state index in [0.717, 1.165) is 19.4 Å². The van der Waals surface area contributed by atoms with Crippen LogP contribution in [0.2, 0.25) is 0 Å². The Morgan fingerprint density at radius 2 is 0.781 bits per heavy atom. The van der Waals surface area contributed by atoms with Gasteiger partial charge in [-0.3, -0.25) is 9.80 Å². The van der Waals surface area contributed by atoms with Gasteiger partial charge in [-0.1, -0.05) is 110 Å². The van der Waals surface area contributed by atoms with Crippen molar-refractivity contribution in [2.75, 3.05) is 46.0 Å². The summed E-state index contributed by atoms with van der Waals surface area (Å²) in [6.45, 7) is 7.57. The number of hydrogen-bond donors (Lipinski definition) is 3. The normalized spacial score (nSPS) is 12.8. The zero-order chi connectivity index (χ0) is 23.7. The largest absolute Gasteiger partial charge is 0.395 e. The molecule has 5 nitrogen and oxygen atoms in total. The first-order valence-electron chi connectivity index (χ1n) is 14.1. The molecule has 0 aromatic rings. The van der Waals surface area contributed by atoms with Crippen molar-refractivity contribution in [1.29, 1.82) is 0 Å². The van der Waals surface area contributed by atoms with Gasteiger partial charge in [-0.05, 0) is 19.4 Å². The van der Waals surface area contributed by atoms with Crippen LogP contribution in [0.4, 0.5) is 0 Å². The molecule has 0 aliphatic carbocycles. The Bertz CT molecular complexity index is 330. The van der Waals surface area contributed by atoms with Crippen molar-refractivity contribution in [3.63, 3.8) is 0 Å². The van der Waals surface area contributed by atoms with E-state index in [0.29, 0.717) is 19.6 Å². The topological polar surface area (TPSA) is 67.2 Å². The molecule has 0 aromatic heterocycles. The van der Waals surface area contributed by atoms with Gasteiger partial charge in [0, 0.05) is 19.6 Å². The third-order valence-electron chi connectivity index (χ3n) is 6.58. The summed E-state index contributed by atoms with van der Waals surface area (Å²) >= 11 is 0. The number of unbranched alkanes of at least 4 members (excludes halogenated alkanes) is 14. The van der Waals surface area contributed by atoms with E-state index in [-0.39, 0.29) is 26.0 Å². The van der Waals surface area contributed by atoms with Gasteiger partial charge in [-0.2, -0.15) is 0 Å². The molecule has 0 heterocycles. The molecule has 0 spiro atoms. The van der Waals surface area contributed by atoms with Crippen molar-refractivity contribution >= 4 is 0 Å². The maximum atomic E-state index is 9.50. The Balaban J connectivity index is 3.97. The first-order chi connectivity index (χ1) is 15.7. The Labute approximate surface area is 200 Å². The molecular formula is C27H58N2O3. The van der Waals surface area contributed by atoms with Gasteiger partial charge in [0.2, 0.25) is 0 Å². The van der Waals surface area contributed by atoms with Crippen LogP contribution in [0.1, 0.15) is 123 Å². The van der Waals surface area contributed by atoms with E-state index in [1.54, 1.807) is 0 Å². The molecule has 1 unspecified atom stereocenters. The van der Waals surface area contributed by atoms with Gasteiger partial charge in [0.15, 0.2) is 0 Å². The van der Waals surface area contributed by atoms with Gasteiger partial charge in [0.25, 0.3) is 0 Å². The Kier molecular flexibility index (Phi) is 25.3. The third-order valence-corrected chi connectivity index (χ3v) is 6.58. The average Bonchev–Trinajstić information content (AvgIpc) is 2.79.